The molecule has 1 amide bonds. The van der Waals surface area contributed by atoms with Gasteiger partial charge in [0.15, 0.2) is 4.80 Å². The molecule has 22 heavy (non-hydrogen) atoms. The van der Waals surface area contributed by atoms with Crippen molar-refractivity contribution >= 4 is 27.5 Å². The molecule has 3 rings (SSSR count). The Bertz CT molecular complexity index is 904. The van der Waals surface area contributed by atoms with Gasteiger partial charge in [-0.1, -0.05) is 47.7 Å². The van der Waals surface area contributed by atoms with Crippen molar-refractivity contribution < 1.29 is 4.79 Å². The van der Waals surface area contributed by atoms with E-state index in [1.165, 1.54) is 11.1 Å². The number of thiazole rings is 1. The molecule has 0 spiro atoms. The third-order valence-electron chi connectivity index (χ3n) is 3.91. The Morgan fingerprint density at radius 2 is 1.86 bits per heavy atom. The van der Waals surface area contributed by atoms with Crippen molar-refractivity contribution in [2.24, 2.45) is 12.0 Å². The van der Waals surface area contributed by atoms with Crippen LogP contribution in [0.15, 0.2) is 47.5 Å². The number of aromatic nitrogens is 1. The molecule has 0 atom stereocenters. The Hall–Kier alpha value is -2.20. The minimum absolute atomic E-state index is 0.109. The first-order valence-corrected chi connectivity index (χ1v) is 8.05. The summed E-state index contributed by atoms with van der Waals surface area (Å²) in [4.78, 5) is 17.2. The summed E-state index contributed by atoms with van der Waals surface area (Å²) in [7, 11) is 1.97. The number of carbonyl (C=O) groups is 1. The molecule has 0 saturated carbocycles. The van der Waals surface area contributed by atoms with Crippen LogP contribution in [-0.4, -0.2) is 10.5 Å². The predicted octanol–water partition coefficient (Wildman–Crippen LogP) is 3.53. The molecule has 3 nitrogen and oxygen atoms in total. The highest BCUT2D eigenvalue weighted by molar-refractivity contribution is 7.16. The summed E-state index contributed by atoms with van der Waals surface area (Å²) >= 11 is 1.56. The molecular formula is C18H18N2OS. The molecule has 0 fully saturated rings. The molecule has 0 N–H and O–H groups in total. The van der Waals surface area contributed by atoms with Gasteiger partial charge in [-0.25, -0.2) is 0 Å². The van der Waals surface area contributed by atoms with Gasteiger partial charge in [0.25, 0.3) is 5.91 Å². The van der Waals surface area contributed by atoms with E-state index in [1.54, 1.807) is 11.3 Å². The van der Waals surface area contributed by atoms with Crippen LogP contribution in [0.4, 0.5) is 0 Å². The summed E-state index contributed by atoms with van der Waals surface area (Å²) in [6.45, 7) is 4.21. The van der Waals surface area contributed by atoms with Crippen LogP contribution in [0.1, 0.15) is 16.7 Å². The van der Waals surface area contributed by atoms with Crippen molar-refractivity contribution in [2.75, 3.05) is 0 Å². The number of hydrogen-bond donors (Lipinski definition) is 0. The van der Waals surface area contributed by atoms with Gasteiger partial charge in [-0.3, -0.25) is 4.79 Å². The minimum Gasteiger partial charge on any atom is -0.319 e. The molecular weight excluding hydrogens is 292 g/mol. The van der Waals surface area contributed by atoms with Crippen molar-refractivity contribution in [1.82, 2.24) is 4.57 Å². The van der Waals surface area contributed by atoms with Gasteiger partial charge < -0.3 is 4.57 Å². The van der Waals surface area contributed by atoms with Gasteiger partial charge in [0.2, 0.25) is 0 Å². The Morgan fingerprint density at radius 1 is 1.14 bits per heavy atom. The summed E-state index contributed by atoms with van der Waals surface area (Å²) in [6.07, 6.45) is 0.340. The molecule has 0 bridgehead atoms. The van der Waals surface area contributed by atoms with Gasteiger partial charge in [0.05, 0.1) is 16.6 Å². The molecule has 0 saturated heterocycles. The molecule has 3 aromatic rings. The molecule has 4 heteroatoms. The van der Waals surface area contributed by atoms with Gasteiger partial charge in [0.1, 0.15) is 0 Å². The van der Waals surface area contributed by atoms with Gasteiger partial charge in [-0.05, 0) is 36.6 Å². The first-order chi connectivity index (χ1) is 10.6. The van der Waals surface area contributed by atoms with Crippen LogP contribution in [0, 0.1) is 13.8 Å². The minimum atomic E-state index is -0.109. The van der Waals surface area contributed by atoms with Gasteiger partial charge in [0, 0.05) is 7.05 Å². The second-order valence-corrected chi connectivity index (χ2v) is 6.47. The maximum absolute atomic E-state index is 12.2. The van der Waals surface area contributed by atoms with E-state index in [2.05, 4.69) is 31.0 Å². The number of nitrogens with zero attached hydrogens (tertiary/aromatic N) is 2. The zero-order valence-electron chi connectivity index (χ0n) is 13.0. The topological polar surface area (TPSA) is 34.4 Å². The molecule has 1 aromatic heterocycles. The second-order valence-electron chi connectivity index (χ2n) is 5.47. The van der Waals surface area contributed by atoms with E-state index < -0.39 is 0 Å². The highest BCUT2D eigenvalue weighted by Crippen LogP contribution is 2.22. The third kappa shape index (κ3) is 2.74. The lowest BCUT2D eigenvalue weighted by atomic mass is 10.1. The number of aryl methyl sites for hydroxylation is 3. The van der Waals surface area contributed by atoms with E-state index in [0.29, 0.717) is 6.42 Å². The number of rotatable bonds is 2. The molecule has 0 radical (unpaired) electrons. The fourth-order valence-corrected chi connectivity index (χ4v) is 3.65. The molecule has 0 aliphatic rings. The van der Waals surface area contributed by atoms with Crippen LogP contribution in [-0.2, 0) is 18.3 Å². The largest absolute Gasteiger partial charge is 0.319 e. The molecule has 0 aliphatic heterocycles. The van der Waals surface area contributed by atoms with Crippen molar-refractivity contribution in [3.05, 3.63) is 64.0 Å². The highest BCUT2D eigenvalue weighted by atomic mass is 32.1. The average molecular weight is 310 g/mol. The van der Waals surface area contributed by atoms with Crippen LogP contribution < -0.4 is 4.80 Å². The number of hydrogen-bond acceptors (Lipinski definition) is 2. The fraction of sp³-hybridized carbons (Fsp3) is 0.222. The summed E-state index contributed by atoms with van der Waals surface area (Å²) in [5, 5.41) is 0. The van der Waals surface area contributed by atoms with Gasteiger partial charge in [-0.15, -0.1) is 0 Å². The zero-order valence-corrected chi connectivity index (χ0v) is 13.8. The summed E-state index contributed by atoms with van der Waals surface area (Å²) in [5.41, 5.74) is 4.65. The van der Waals surface area contributed by atoms with Gasteiger partial charge in [-0.2, -0.15) is 4.99 Å². The number of fused-ring (bicyclic) bond motifs is 1. The average Bonchev–Trinajstić information content (AvgIpc) is 2.81. The van der Waals surface area contributed by atoms with Crippen LogP contribution in [0.5, 0.6) is 0 Å². The Kier molecular flexibility index (Phi) is 3.94. The standard InChI is InChI=1S/C18H18N2OS/c1-12-9-10-15-17(13(12)2)20(3)18(22-15)19-16(21)11-14-7-5-4-6-8-14/h4-10H,11H2,1-3H3. The molecule has 0 unspecified atom stereocenters. The SMILES string of the molecule is Cc1ccc2sc(=NC(=O)Cc3ccccc3)n(C)c2c1C. The van der Waals surface area contributed by atoms with Crippen molar-refractivity contribution in [2.45, 2.75) is 20.3 Å². The summed E-state index contributed by atoms with van der Waals surface area (Å²) in [6, 6.07) is 13.9. The smallest absolute Gasteiger partial charge is 0.252 e. The first kappa shape index (κ1) is 14.7. The van der Waals surface area contributed by atoms with Crippen LogP contribution >= 0.6 is 11.3 Å². The van der Waals surface area contributed by atoms with Crippen molar-refractivity contribution in [1.29, 1.82) is 0 Å². The lowest BCUT2D eigenvalue weighted by Crippen LogP contribution is -2.14. The normalized spacial score (nSPS) is 12.0. The van der Waals surface area contributed by atoms with E-state index >= 15 is 0 Å². The first-order valence-electron chi connectivity index (χ1n) is 7.23. The number of benzene rings is 2. The third-order valence-corrected chi connectivity index (χ3v) is 5.00. The molecule has 0 aliphatic carbocycles. The molecule has 2 aromatic carbocycles. The summed E-state index contributed by atoms with van der Waals surface area (Å²) < 4.78 is 3.18. The van der Waals surface area contributed by atoms with E-state index in [0.717, 1.165) is 20.6 Å². The Balaban J connectivity index is 2.01. The molecule has 112 valence electrons. The van der Waals surface area contributed by atoms with E-state index in [9.17, 15) is 4.79 Å². The van der Waals surface area contributed by atoms with E-state index in [1.807, 2.05) is 41.9 Å². The molecule has 1 heterocycles. The lowest BCUT2D eigenvalue weighted by Gasteiger charge is -2.03. The Labute approximate surface area is 133 Å². The second kappa shape index (κ2) is 5.89. The number of amides is 1. The van der Waals surface area contributed by atoms with Crippen molar-refractivity contribution in [3.63, 3.8) is 0 Å². The maximum atomic E-state index is 12.2. The quantitative estimate of drug-likeness (QED) is 0.713. The highest BCUT2D eigenvalue weighted by Gasteiger charge is 2.09. The Morgan fingerprint density at radius 3 is 2.59 bits per heavy atom. The van der Waals surface area contributed by atoms with Crippen LogP contribution in [0.25, 0.3) is 10.2 Å². The van der Waals surface area contributed by atoms with Crippen molar-refractivity contribution in [3.8, 4) is 0 Å². The maximum Gasteiger partial charge on any atom is 0.252 e. The lowest BCUT2D eigenvalue weighted by molar-refractivity contribution is -0.117. The van der Waals surface area contributed by atoms with E-state index in [-0.39, 0.29) is 5.91 Å². The zero-order chi connectivity index (χ0) is 15.7. The monoisotopic (exact) mass is 310 g/mol. The summed E-state index contributed by atoms with van der Waals surface area (Å²) in [5.74, 6) is -0.109. The fourth-order valence-electron chi connectivity index (χ4n) is 2.55. The number of carbonyl (C=O) groups excluding carboxylic acids is 1. The van der Waals surface area contributed by atoms with Crippen LogP contribution in [0.2, 0.25) is 0 Å². The van der Waals surface area contributed by atoms with Gasteiger partial charge >= 0.3 is 0 Å². The predicted molar refractivity (Wildman–Crippen MR) is 91.0 cm³/mol. The van der Waals surface area contributed by atoms with Crippen LogP contribution in [0.3, 0.4) is 0 Å². The van der Waals surface area contributed by atoms with E-state index in [4.69, 9.17) is 0 Å².